The number of hydrogen-bond acceptors (Lipinski definition) is 9. The molecule has 0 N–H and O–H groups in total. The van der Waals surface area contributed by atoms with Crippen LogP contribution in [-0.2, 0) is 9.53 Å². The van der Waals surface area contributed by atoms with Crippen LogP contribution in [0.3, 0.4) is 0 Å². The second-order valence-electron chi connectivity index (χ2n) is 9.26. The third-order valence-corrected chi connectivity index (χ3v) is 7.74. The average molecular weight is 560 g/mol. The van der Waals surface area contributed by atoms with Crippen molar-refractivity contribution in [3.05, 3.63) is 112 Å². The second kappa shape index (κ2) is 10.4. The van der Waals surface area contributed by atoms with Gasteiger partial charge in [-0.1, -0.05) is 23.5 Å². The predicted octanol–water partition coefficient (Wildman–Crippen LogP) is 4.20. The molecule has 0 unspecified atom stereocenters. The average Bonchev–Trinajstić information content (AvgIpc) is 3.51. The van der Waals surface area contributed by atoms with Crippen LogP contribution in [0.4, 0.5) is 5.69 Å². The standard InChI is InChI=1S/C29H25N3O7S/c1-15-6-7-18(13-23(15)37-4)26-25(28(34)38-5)17(3)30-29-31(26)27(33)24(40-29)14-20-9-11-22(39-20)21-10-8-19(32(35)36)12-16(21)2/h6-14,26H,1-5H3/b24-14+/t26-/m1/s1. The van der Waals surface area contributed by atoms with Crippen LogP contribution in [0.2, 0.25) is 0 Å². The summed E-state index contributed by atoms with van der Waals surface area (Å²) in [5, 5.41) is 11.1. The first-order valence-electron chi connectivity index (χ1n) is 12.2. The van der Waals surface area contributed by atoms with E-state index in [0.717, 1.165) is 5.56 Å². The minimum absolute atomic E-state index is 0.00323. The van der Waals surface area contributed by atoms with Crippen molar-refractivity contribution in [3.8, 4) is 17.1 Å². The third kappa shape index (κ3) is 4.64. The van der Waals surface area contributed by atoms with Crippen molar-refractivity contribution in [3.63, 3.8) is 0 Å². The first-order valence-corrected chi connectivity index (χ1v) is 13.0. The number of aryl methyl sites for hydroxylation is 2. The number of rotatable bonds is 6. The van der Waals surface area contributed by atoms with E-state index in [1.807, 2.05) is 25.1 Å². The maximum atomic E-state index is 13.8. The van der Waals surface area contributed by atoms with Crippen LogP contribution >= 0.6 is 11.3 Å². The summed E-state index contributed by atoms with van der Waals surface area (Å²) in [5.74, 6) is 0.993. The highest BCUT2D eigenvalue weighted by Crippen LogP contribution is 2.33. The Morgan fingerprint density at radius 1 is 1.10 bits per heavy atom. The molecule has 0 saturated heterocycles. The summed E-state index contributed by atoms with van der Waals surface area (Å²) in [5.41, 5.74) is 3.37. The number of nitro groups is 1. The van der Waals surface area contributed by atoms with Crippen molar-refractivity contribution in [1.82, 2.24) is 4.57 Å². The van der Waals surface area contributed by atoms with Gasteiger partial charge in [0.2, 0.25) is 0 Å². The quantitative estimate of drug-likeness (QED) is 0.197. The van der Waals surface area contributed by atoms with Crippen LogP contribution in [0.25, 0.3) is 17.4 Å². The van der Waals surface area contributed by atoms with E-state index >= 15 is 0 Å². The Labute approximate surface area is 232 Å². The predicted molar refractivity (Wildman–Crippen MR) is 149 cm³/mol. The zero-order chi connectivity index (χ0) is 28.7. The van der Waals surface area contributed by atoms with Gasteiger partial charge in [-0.05, 0) is 61.7 Å². The number of carbonyl (C=O) groups excluding carboxylic acids is 1. The molecule has 0 aliphatic carbocycles. The van der Waals surface area contributed by atoms with E-state index in [1.54, 1.807) is 45.2 Å². The van der Waals surface area contributed by atoms with Gasteiger partial charge in [-0.25, -0.2) is 9.79 Å². The highest BCUT2D eigenvalue weighted by atomic mass is 32.1. The molecule has 0 bridgehead atoms. The monoisotopic (exact) mass is 559 g/mol. The van der Waals surface area contributed by atoms with E-state index < -0.39 is 16.9 Å². The summed E-state index contributed by atoms with van der Waals surface area (Å²) in [6, 6.07) is 12.8. The molecule has 5 rings (SSSR count). The number of non-ortho nitro benzene ring substituents is 1. The van der Waals surface area contributed by atoms with Gasteiger partial charge in [-0.3, -0.25) is 19.5 Å². The largest absolute Gasteiger partial charge is 0.496 e. The number of nitro benzene ring substituents is 1. The fraction of sp³-hybridized carbons (Fsp3) is 0.207. The molecular formula is C29H25N3O7S. The lowest BCUT2D eigenvalue weighted by Crippen LogP contribution is -2.39. The fourth-order valence-electron chi connectivity index (χ4n) is 4.76. The molecule has 40 heavy (non-hydrogen) atoms. The van der Waals surface area contributed by atoms with Gasteiger partial charge in [-0.15, -0.1) is 0 Å². The summed E-state index contributed by atoms with van der Waals surface area (Å²) in [7, 11) is 2.86. The molecule has 2 aromatic heterocycles. The summed E-state index contributed by atoms with van der Waals surface area (Å²) in [6.07, 6.45) is 1.62. The number of fused-ring (bicyclic) bond motifs is 1. The maximum Gasteiger partial charge on any atom is 0.338 e. The Hall–Kier alpha value is -4.77. The molecule has 0 fully saturated rings. The lowest BCUT2D eigenvalue weighted by molar-refractivity contribution is -0.384. The topological polar surface area (TPSA) is 126 Å². The van der Waals surface area contributed by atoms with Gasteiger partial charge < -0.3 is 13.9 Å². The molecule has 4 aromatic rings. The molecule has 1 atom stereocenters. The molecule has 3 heterocycles. The van der Waals surface area contributed by atoms with Gasteiger partial charge in [0, 0.05) is 23.8 Å². The van der Waals surface area contributed by atoms with Gasteiger partial charge in [0.05, 0.1) is 41.0 Å². The van der Waals surface area contributed by atoms with E-state index in [9.17, 15) is 19.7 Å². The van der Waals surface area contributed by atoms with Crippen molar-refractivity contribution in [1.29, 1.82) is 0 Å². The minimum atomic E-state index is -0.768. The molecule has 204 valence electrons. The Kier molecular flexibility index (Phi) is 6.99. The van der Waals surface area contributed by atoms with E-state index in [0.29, 0.717) is 49.0 Å². The molecule has 0 radical (unpaired) electrons. The highest BCUT2D eigenvalue weighted by molar-refractivity contribution is 7.07. The number of benzene rings is 2. The molecule has 1 aliphatic heterocycles. The summed E-state index contributed by atoms with van der Waals surface area (Å²) >= 11 is 1.18. The Bertz CT molecular complexity index is 1890. The zero-order valence-corrected chi connectivity index (χ0v) is 23.2. The Morgan fingerprint density at radius 2 is 1.88 bits per heavy atom. The minimum Gasteiger partial charge on any atom is -0.496 e. The van der Waals surface area contributed by atoms with Crippen molar-refractivity contribution < 1.29 is 23.6 Å². The van der Waals surface area contributed by atoms with Crippen LogP contribution in [0.1, 0.15) is 35.4 Å². The molecule has 0 saturated carbocycles. The Morgan fingerprint density at radius 3 is 2.55 bits per heavy atom. The van der Waals surface area contributed by atoms with Gasteiger partial charge in [-0.2, -0.15) is 0 Å². The number of hydrogen-bond donors (Lipinski definition) is 0. The summed E-state index contributed by atoms with van der Waals surface area (Å²) in [4.78, 5) is 42.3. The number of allylic oxidation sites excluding steroid dienone is 1. The first kappa shape index (κ1) is 26.8. The van der Waals surface area contributed by atoms with E-state index in [4.69, 9.17) is 13.9 Å². The van der Waals surface area contributed by atoms with Crippen molar-refractivity contribution >= 4 is 29.1 Å². The van der Waals surface area contributed by atoms with Crippen molar-refractivity contribution in [2.45, 2.75) is 26.8 Å². The van der Waals surface area contributed by atoms with E-state index in [-0.39, 0.29) is 16.8 Å². The number of ether oxygens (including phenoxy) is 2. The van der Waals surface area contributed by atoms with Crippen LogP contribution in [0.5, 0.6) is 5.75 Å². The maximum absolute atomic E-state index is 13.8. The van der Waals surface area contributed by atoms with Gasteiger partial charge >= 0.3 is 5.97 Å². The van der Waals surface area contributed by atoms with Crippen molar-refractivity contribution in [2.24, 2.45) is 4.99 Å². The number of esters is 1. The first-order chi connectivity index (χ1) is 19.1. The molecule has 2 aromatic carbocycles. The molecule has 1 aliphatic rings. The second-order valence-corrected chi connectivity index (χ2v) is 10.3. The van der Waals surface area contributed by atoms with Gasteiger partial charge in [0.1, 0.15) is 17.3 Å². The lowest BCUT2D eigenvalue weighted by atomic mass is 9.95. The molecular weight excluding hydrogens is 534 g/mol. The molecule has 0 spiro atoms. The van der Waals surface area contributed by atoms with E-state index in [2.05, 4.69) is 4.99 Å². The molecule has 0 amide bonds. The lowest BCUT2D eigenvalue weighted by Gasteiger charge is -2.25. The summed E-state index contributed by atoms with van der Waals surface area (Å²) in [6.45, 7) is 5.39. The number of aromatic nitrogens is 1. The van der Waals surface area contributed by atoms with Crippen LogP contribution in [0, 0.1) is 24.0 Å². The molecule has 11 heteroatoms. The van der Waals surface area contributed by atoms with Gasteiger partial charge in [0.25, 0.3) is 11.2 Å². The van der Waals surface area contributed by atoms with Crippen LogP contribution in [0.15, 0.2) is 74.0 Å². The molecule has 10 nitrogen and oxygen atoms in total. The highest BCUT2D eigenvalue weighted by Gasteiger charge is 2.33. The number of carbonyl (C=O) groups is 1. The fourth-order valence-corrected chi connectivity index (χ4v) is 5.78. The van der Waals surface area contributed by atoms with E-state index in [1.165, 1.54) is 35.1 Å². The number of thiazole rings is 1. The number of nitrogens with zero attached hydrogens (tertiary/aromatic N) is 3. The smallest absolute Gasteiger partial charge is 0.338 e. The normalized spacial score (nSPS) is 15.0. The SMILES string of the molecule is COC(=O)C1=C(C)N=c2s/c(=C/c3ccc(-c4ccc([N+](=O)[O-])cc4C)o3)c(=O)n2[C@@H]1c1ccc(C)c(OC)c1. The van der Waals surface area contributed by atoms with Crippen molar-refractivity contribution in [2.75, 3.05) is 14.2 Å². The third-order valence-electron chi connectivity index (χ3n) is 6.76. The van der Waals surface area contributed by atoms with Gasteiger partial charge in [0.15, 0.2) is 4.80 Å². The van der Waals surface area contributed by atoms with Crippen LogP contribution < -0.4 is 19.6 Å². The number of furan rings is 1. The Balaban J connectivity index is 1.63. The summed E-state index contributed by atoms with van der Waals surface area (Å²) < 4.78 is 18.4. The number of methoxy groups -OCH3 is 2. The zero-order valence-electron chi connectivity index (χ0n) is 22.4. The van der Waals surface area contributed by atoms with Crippen LogP contribution in [-0.4, -0.2) is 29.7 Å².